The Morgan fingerprint density at radius 2 is 1.81 bits per heavy atom. The molecule has 1 aromatic carbocycles. The molecular formula is C20H26F3NO2. The summed E-state index contributed by atoms with van der Waals surface area (Å²) < 4.78 is 39.1. The number of aryl methyl sites for hydroxylation is 1. The molecule has 2 aliphatic rings. The minimum Gasteiger partial charge on any atom is -0.481 e. The summed E-state index contributed by atoms with van der Waals surface area (Å²) in [5.74, 6) is -0.442. The average molecular weight is 369 g/mol. The molecule has 1 aromatic rings. The number of anilines is 1. The number of halogens is 3. The molecular weight excluding hydrogens is 343 g/mol. The molecule has 1 N–H and O–H groups in total. The van der Waals surface area contributed by atoms with Gasteiger partial charge in [0.2, 0.25) is 0 Å². The molecule has 6 heteroatoms. The van der Waals surface area contributed by atoms with Crippen molar-refractivity contribution in [2.75, 3.05) is 18.0 Å². The van der Waals surface area contributed by atoms with Crippen LogP contribution in [0.2, 0.25) is 0 Å². The van der Waals surface area contributed by atoms with Gasteiger partial charge in [-0.1, -0.05) is 6.07 Å². The minimum atomic E-state index is -4.32. The third-order valence-electron chi connectivity index (χ3n) is 6.33. The summed E-state index contributed by atoms with van der Waals surface area (Å²) in [6, 6.07) is 3.98. The van der Waals surface area contributed by atoms with E-state index >= 15 is 0 Å². The quantitative estimate of drug-likeness (QED) is 0.789. The molecule has 1 aliphatic heterocycles. The summed E-state index contributed by atoms with van der Waals surface area (Å²) in [6.45, 7) is 3.40. The number of nitrogens with zero attached hydrogens (tertiary/aromatic N) is 1. The van der Waals surface area contributed by atoms with Gasteiger partial charge < -0.3 is 10.0 Å². The summed E-state index contributed by atoms with van der Waals surface area (Å²) in [7, 11) is 0. The maximum absolute atomic E-state index is 13.0. The lowest BCUT2D eigenvalue weighted by atomic mass is 9.65. The van der Waals surface area contributed by atoms with Crippen molar-refractivity contribution in [3.8, 4) is 0 Å². The predicted octanol–water partition coefficient (Wildman–Crippen LogP) is 5.27. The van der Waals surface area contributed by atoms with Crippen LogP contribution in [0.15, 0.2) is 18.2 Å². The Bertz CT molecular complexity index is 654. The molecule has 2 fully saturated rings. The Morgan fingerprint density at radius 1 is 1.19 bits per heavy atom. The molecule has 0 amide bonds. The van der Waals surface area contributed by atoms with E-state index in [0.29, 0.717) is 5.69 Å². The van der Waals surface area contributed by atoms with Crippen LogP contribution >= 0.6 is 0 Å². The topological polar surface area (TPSA) is 40.5 Å². The van der Waals surface area contributed by atoms with Crippen molar-refractivity contribution in [2.45, 2.75) is 58.0 Å². The first-order valence-electron chi connectivity index (χ1n) is 9.33. The van der Waals surface area contributed by atoms with Crippen LogP contribution in [-0.2, 0) is 11.0 Å². The molecule has 0 unspecified atom stereocenters. The molecule has 0 radical (unpaired) electrons. The first-order chi connectivity index (χ1) is 12.2. The average Bonchev–Trinajstić information content (AvgIpc) is 2.57. The summed E-state index contributed by atoms with van der Waals surface area (Å²) in [6.07, 6.45) is 1.88. The van der Waals surface area contributed by atoms with Gasteiger partial charge in [-0.15, -0.1) is 0 Å². The Hall–Kier alpha value is -1.72. The van der Waals surface area contributed by atoms with E-state index in [1.807, 2.05) is 6.92 Å². The Kier molecular flexibility index (Phi) is 5.22. The van der Waals surface area contributed by atoms with E-state index in [1.54, 1.807) is 6.07 Å². The van der Waals surface area contributed by atoms with Crippen molar-refractivity contribution in [2.24, 2.45) is 11.3 Å². The molecule has 3 nitrogen and oxygen atoms in total. The molecule has 0 aromatic heterocycles. The lowest BCUT2D eigenvalue weighted by molar-refractivity contribution is -0.139. The summed E-state index contributed by atoms with van der Waals surface area (Å²) >= 11 is 0. The van der Waals surface area contributed by atoms with Crippen molar-refractivity contribution in [1.82, 2.24) is 0 Å². The molecule has 0 bridgehead atoms. The van der Waals surface area contributed by atoms with E-state index in [2.05, 4.69) is 4.90 Å². The zero-order chi connectivity index (χ0) is 18.9. The van der Waals surface area contributed by atoms with Crippen LogP contribution in [0.1, 0.15) is 56.1 Å². The number of carboxylic acid groups (broad SMARTS) is 1. The van der Waals surface area contributed by atoms with E-state index < -0.39 is 17.7 Å². The fourth-order valence-corrected chi connectivity index (χ4v) is 4.59. The van der Waals surface area contributed by atoms with Crippen LogP contribution in [0.25, 0.3) is 0 Å². The maximum atomic E-state index is 13.0. The number of rotatable bonds is 3. The van der Waals surface area contributed by atoms with Crippen molar-refractivity contribution in [1.29, 1.82) is 0 Å². The van der Waals surface area contributed by atoms with E-state index in [-0.39, 0.29) is 17.8 Å². The fourth-order valence-electron chi connectivity index (χ4n) is 4.59. The van der Waals surface area contributed by atoms with Crippen molar-refractivity contribution in [3.05, 3.63) is 29.3 Å². The second kappa shape index (κ2) is 7.12. The van der Waals surface area contributed by atoms with E-state index in [9.17, 15) is 18.0 Å². The van der Waals surface area contributed by atoms with E-state index in [1.165, 1.54) is 6.07 Å². The molecule has 144 valence electrons. The smallest absolute Gasteiger partial charge is 0.416 e. The van der Waals surface area contributed by atoms with E-state index in [4.69, 9.17) is 5.11 Å². The van der Waals surface area contributed by atoms with Gasteiger partial charge in [0.1, 0.15) is 0 Å². The Labute approximate surface area is 152 Å². The largest absolute Gasteiger partial charge is 0.481 e. The van der Waals surface area contributed by atoms with Gasteiger partial charge in [-0.25, -0.2) is 0 Å². The second-order valence-electron chi connectivity index (χ2n) is 8.03. The molecule has 3 rings (SSSR count). The number of piperidine rings is 1. The Balaban J connectivity index is 1.63. The Morgan fingerprint density at radius 3 is 2.35 bits per heavy atom. The van der Waals surface area contributed by atoms with Gasteiger partial charge in [-0.2, -0.15) is 13.2 Å². The van der Waals surface area contributed by atoms with Crippen LogP contribution in [0.5, 0.6) is 0 Å². The molecule has 26 heavy (non-hydrogen) atoms. The molecule has 0 atom stereocenters. The normalized spacial score (nSPS) is 21.2. The first-order valence-corrected chi connectivity index (χ1v) is 9.33. The SMILES string of the molecule is Cc1ccc(C(F)(F)F)cc1N1CCC2(CCC(CC(=O)O)CC2)CC1. The lowest BCUT2D eigenvalue weighted by Gasteiger charge is -2.46. The molecule has 1 aliphatic carbocycles. The summed E-state index contributed by atoms with van der Waals surface area (Å²) in [5.41, 5.74) is 1.22. The van der Waals surface area contributed by atoms with E-state index in [0.717, 1.165) is 63.2 Å². The third kappa shape index (κ3) is 4.15. The lowest BCUT2D eigenvalue weighted by Crippen LogP contribution is -2.42. The van der Waals surface area contributed by atoms with Gasteiger partial charge in [0.15, 0.2) is 0 Å². The van der Waals surface area contributed by atoms with Gasteiger partial charge >= 0.3 is 12.1 Å². The highest BCUT2D eigenvalue weighted by Gasteiger charge is 2.39. The molecule has 1 spiro atoms. The number of carbonyl (C=O) groups is 1. The monoisotopic (exact) mass is 369 g/mol. The molecule has 1 saturated carbocycles. The third-order valence-corrected chi connectivity index (χ3v) is 6.33. The van der Waals surface area contributed by atoms with Crippen molar-refractivity contribution >= 4 is 11.7 Å². The van der Waals surface area contributed by atoms with Crippen LogP contribution < -0.4 is 4.90 Å². The highest BCUT2D eigenvalue weighted by atomic mass is 19.4. The second-order valence-corrected chi connectivity index (χ2v) is 8.03. The van der Waals surface area contributed by atoms with Gasteiger partial charge in [-0.3, -0.25) is 4.79 Å². The maximum Gasteiger partial charge on any atom is 0.416 e. The van der Waals surface area contributed by atoms with Gasteiger partial charge in [-0.05, 0) is 74.5 Å². The van der Waals surface area contributed by atoms with Gasteiger partial charge in [0.25, 0.3) is 0 Å². The van der Waals surface area contributed by atoms with Crippen molar-refractivity contribution in [3.63, 3.8) is 0 Å². The highest BCUT2D eigenvalue weighted by Crippen LogP contribution is 2.48. The highest BCUT2D eigenvalue weighted by molar-refractivity contribution is 5.67. The first kappa shape index (κ1) is 19.1. The number of alkyl halides is 3. The zero-order valence-electron chi connectivity index (χ0n) is 15.1. The number of benzene rings is 1. The number of hydrogen-bond donors (Lipinski definition) is 1. The van der Waals surface area contributed by atoms with Crippen LogP contribution in [0, 0.1) is 18.3 Å². The summed E-state index contributed by atoms with van der Waals surface area (Å²) in [4.78, 5) is 13.0. The molecule has 1 saturated heterocycles. The summed E-state index contributed by atoms with van der Waals surface area (Å²) in [5, 5.41) is 8.95. The number of hydrogen-bond acceptors (Lipinski definition) is 2. The van der Waals surface area contributed by atoms with Gasteiger partial charge in [0.05, 0.1) is 5.56 Å². The zero-order valence-corrected chi connectivity index (χ0v) is 15.1. The van der Waals surface area contributed by atoms with Crippen LogP contribution in [-0.4, -0.2) is 24.2 Å². The number of carboxylic acids is 1. The van der Waals surface area contributed by atoms with Crippen LogP contribution in [0.3, 0.4) is 0 Å². The fraction of sp³-hybridized carbons (Fsp3) is 0.650. The standard InChI is InChI=1S/C20H26F3NO2/c1-14-2-3-16(20(21,22)23)13-17(14)24-10-8-19(9-11-24)6-4-15(5-7-19)12-18(25)26/h2-3,13,15H,4-12H2,1H3,(H,25,26). The number of aliphatic carboxylic acids is 1. The minimum absolute atomic E-state index is 0.251. The molecule has 1 heterocycles. The van der Waals surface area contributed by atoms with Gasteiger partial charge in [0, 0.05) is 25.2 Å². The van der Waals surface area contributed by atoms with Crippen molar-refractivity contribution < 1.29 is 23.1 Å². The predicted molar refractivity (Wildman–Crippen MR) is 94.3 cm³/mol. The van der Waals surface area contributed by atoms with Crippen LogP contribution in [0.4, 0.5) is 18.9 Å².